The van der Waals surface area contributed by atoms with Gasteiger partial charge in [-0.2, -0.15) is 0 Å². The summed E-state index contributed by atoms with van der Waals surface area (Å²) in [5, 5.41) is 1.13. The molecule has 0 N–H and O–H groups in total. The maximum absolute atomic E-state index is 4.35. The van der Waals surface area contributed by atoms with Crippen LogP contribution in [0.5, 0.6) is 0 Å². The molecule has 0 aliphatic carbocycles. The highest BCUT2D eigenvalue weighted by Gasteiger charge is 2.06. The first-order valence-electron chi connectivity index (χ1n) is 2.91. The molecule has 0 bridgehead atoms. The van der Waals surface area contributed by atoms with Crippen molar-refractivity contribution in [3.05, 3.63) is 7.89 Å². The number of aryl methyl sites for hydroxylation is 1. The summed E-state index contributed by atoms with van der Waals surface area (Å²) < 4.78 is 1.26. The van der Waals surface area contributed by atoms with Crippen molar-refractivity contribution in [2.24, 2.45) is 0 Å². The molecule has 2 nitrogen and oxygen atoms in total. The lowest BCUT2D eigenvalue weighted by Crippen LogP contribution is -2.09. The SMILES string of the molecule is Cc1nc(N(C)C)c(I)s1. The first-order chi connectivity index (χ1) is 4.61. The minimum Gasteiger partial charge on any atom is -0.361 e. The standard InChI is InChI=1S/C6H9IN2S/c1-4-8-6(9(2)3)5(7)10-4/h1-3H3. The predicted molar refractivity (Wildman–Crippen MR) is 53.9 cm³/mol. The molecule has 56 valence electrons. The zero-order valence-corrected chi connectivity index (χ0v) is 9.15. The number of nitrogens with zero attached hydrogens (tertiary/aromatic N) is 2. The Bertz CT molecular complexity index is 232. The van der Waals surface area contributed by atoms with Crippen molar-refractivity contribution in [1.82, 2.24) is 4.98 Å². The van der Waals surface area contributed by atoms with E-state index in [9.17, 15) is 0 Å². The third-order valence-electron chi connectivity index (χ3n) is 1.10. The summed E-state index contributed by atoms with van der Waals surface area (Å²) in [6.07, 6.45) is 0. The molecular weight excluding hydrogens is 259 g/mol. The van der Waals surface area contributed by atoms with Crippen LogP contribution < -0.4 is 4.90 Å². The molecule has 1 aromatic rings. The second kappa shape index (κ2) is 3.04. The van der Waals surface area contributed by atoms with E-state index in [1.54, 1.807) is 11.3 Å². The highest BCUT2D eigenvalue weighted by molar-refractivity contribution is 14.1. The Morgan fingerprint density at radius 2 is 2.10 bits per heavy atom. The summed E-state index contributed by atoms with van der Waals surface area (Å²) in [4.78, 5) is 6.38. The highest BCUT2D eigenvalue weighted by Crippen LogP contribution is 2.25. The molecule has 0 aliphatic heterocycles. The first-order valence-corrected chi connectivity index (χ1v) is 4.81. The van der Waals surface area contributed by atoms with Crippen LogP contribution >= 0.6 is 33.9 Å². The van der Waals surface area contributed by atoms with Gasteiger partial charge in [-0.25, -0.2) is 4.98 Å². The van der Waals surface area contributed by atoms with E-state index in [4.69, 9.17) is 0 Å². The van der Waals surface area contributed by atoms with Crippen LogP contribution in [0.2, 0.25) is 0 Å². The van der Waals surface area contributed by atoms with Gasteiger partial charge < -0.3 is 4.90 Å². The molecule has 0 unspecified atom stereocenters. The molecular formula is C6H9IN2S. The quantitative estimate of drug-likeness (QED) is 0.725. The lowest BCUT2D eigenvalue weighted by atomic mass is 10.7. The summed E-state index contributed by atoms with van der Waals surface area (Å²) in [7, 11) is 4.02. The topological polar surface area (TPSA) is 16.1 Å². The second-order valence-electron chi connectivity index (χ2n) is 2.22. The highest BCUT2D eigenvalue weighted by atomic mass is 127. The maximum atomic E-state index is 4.35. The number of rotatable bonds is 1. The first kappa shape index (κ1) is 8.26. The van der Waals surface area contributed by atoms with E-state index >= 15 is 0 Å². The monoisotopic (exact) mass is 268 g/mol. The smallest absolute Gasteiger partial charge is 0.153 e. The van der Waals surface area contributed by atoms with Gasteiger partial charge >= 0.3 is 0 Å². The fourth-order valence-corrected chi connectivity index (χ4v) is 2.94. The Hall–Kier alpha value is 0.160. The summed E-state index contributed by atoms with van der Waals surface area (Å²) in [5.41, 5.74) is 0. The van der Waals surface area contributed by atoms with E-state index in [1.165, 1.54) is 2.88 Å². The van der Waals surface area contributed by atoms with Gasteiger partial charge in [0.15, 0.2) is 5.82 Å². The van der Waals surface area contributed by atoms with Gasteiger partial charge in [0, 0.05) is 14.1 Å². The third kappa shape index (κ3) is 1.60. The number of thiazole rings is 1. The van der Waals surface area contributed by atoms with Crippen LogP contribution in [0.4, 0.5) is 5.82 Å². The second-order valence-corrected chi connectivity index (χ2v) is 5.24. The lowest BCUT2D eigenvalue weighted by molar-refractivity contribution is 1.07. The molecule has 1 heterocycles. The predicted octanol–water partition coefficient (Wildman–Crippen LogP) is 2.12. The van der Waals surface area contributed by atoms with Crippen molar-refractivity contribution in [1.29, 1.82) is 0 Å². The van der Waals surface area contributed by atoms with Crippen LogP contribution in [0.3, 0.4) is 0 Å². The summed E-state index contributed by atoms with van der Waals surface area (Å²) in [6, 6.07) is 0. The van der Waals surface area contributed by atoms with Crippen molar-refractivity contribution in [3.8, 4) is 0 Å². The van der Waals surface area contributed by atoms with Crippen LogP contribution in [-0.2, 0) is 0 Å². The van der Waals surface area contributed by atoms with E-state index in [1.807, 2.05) is 25.9 Å². The Morgan fingerprint density at radius 3 is 2.30 bits per heavy atom. The van der Waals surface area contributed by atoms with Crippen molar-refractivity contribution in [2.75, 3.05) is 19.0 Å². The lowest BCUT2D eigenvalue weighted by Gasteiger charge is -2.07. The van der Waals surface area contributed by atoms with Crippen LogP contribution in [0.15, 0.2) is 0 Å². The van der Waals surface area contributed by atoms with Gasteiger partial charge in [-0.15, -0.1) is 11.3 Å². The molecule has 0 saturated heterocycles. The number of aromatic nitrogens is 1. The van der Waals surface area contributed by atoms with Crippen molar-refractivity contribution >= 4 is 39.7 Å². The molecule has 0 saturated carbocycles. The molecule has 0 atom stereocenters. The summed E-state index contributed by atoms with van der Waals surface area (Å²) in [5.74, 6) is 1.09. The zero-order chi connectivity index (χ0) is 7.72. The van der Waals surface area contributed by atoms with Crippen molar-refractivity contribution in [2.45, 2.75) is 6.92 Å². The average molecular weight is 268 g/mol. The van der Waals surface area contributed by atoms with E-state index in [0.717, 1.165) is 10.8 Å². The van der Waals surface area contributed by atoms with E-state index < -0.39 is 0 Å². The van der Waals surface area contributed by atoms with Crippen LogP contribution in [0, 0.1) is 9.81 Å². The number of anilines is 1. The van der Waals surface area contributed by atoms with Gasteiger partial charge in [-0.05, 0) is 29.5 Å². The molecule has 0 spiro atoms. The molecule has 0 amide bonds. The van der Waals surface area contributed by atoms with Crippen molar-refractivity contribution in [3.63, 3.8) is 0 Å². The van der Waals surface area contributed by atoms with Crippen LogP contribution in [0.1, 0.15) is 5.01 Å². The molecule has 4 heteroatoms. The summed E-state index contributed by atoms with van der Waals surface area (Å²) >= 11 is 4.04. The normalized spacial score (nSPS) is 10.0. The number of hydrogen-bond acceptors (Lipinski definition) is 3. The summed E-state index contributed by atoms with van der Waals surface area (Å²) in [6.45, 7) is 2.03. The Kier molecular flexibility index (Phi) is 2.51. The van der Waals surface area contributed by atoms with Gasteiger partial charge in [0.25, 0.3) is 0 Å². The molecule has 1 rings (SSSR count). The van der Waals surface area contributed by atoms with Gasteiger partial charge in [0.1, 0.15) is 2.88 Å². The Morgan fingerprint density at radius 1 is 1.50 bits per heavy atom. The Balaban J connectivity index is 3.03. The van der Waals surface area contributed by atoms with Crippen molar-refractivity contribution < 1.29 is 0 Å². The number of halogens is 1. The van der Waals surface area contributed by atoms with E-state index in [2.05, 4.69) is 27.6 Å². The molecule has 0 aromatic carbocycles. The van der Waals surface area contributed by atoms with Gasteiger partial charge in [0.05, 0.1) is 5.01 Å². The molecule has 1 aromatic heterocycles. The minimum atomic E-state index is 1.09. The number of hydrogen-bond donors (Lipinski definition) is 0. The van der Waals surface area contributed by atoms with Crippen LogP contribution in [-0.4, -0.2) is 19.1 Å². The fourth-order valence-electron chi connectivity index (χ4n) is 0.667. The van der Waals surface area contributed by atoms with Gasteiger partial charge in [0.2, 0.25) is 0 Å². The van der Waals surface area contributed by atoms with Gasteiger partial charge in [-0.1, -0.05) is 0 Å². The molecule has 0 fully saturated rings. The van der Waals surface area contributed by atoms with E-state index in [0.29, 0.717) is 0 Å². The fraction of sp³-hybridized carbons (Fsp3) is 0.500. The average Bonchev–Trinajstić information content (AvgIpc) is 2.10. The Labute approximate surface area is 78.4 Å². The molecule has 10 heavy (non-hydrogen) atoms. The van der Waals surface area contributed by atoms with E-state index in [-0.39, 0.29) is 0 Å². The van der Waals surface area contributed by atoms with Gasteiger partial charge in [-0.3, -0.25) is 0 Å². The van der Waals surface area contributed by atoms with Crippen LogP contribution in [0.25, 0.3) is 0 Å². The third-order valence-corrected chi connectivity index (χ3v) is 2.99. The molecule has 0 radical (unpaired) electrons. The largest absolute Gasteiger partial charge is 0.361 e. The maximum Gasteiger partial charge on any atom is 0.153 e. The minimum absolute atomic E-state index is 1.09. The molecule has 0 aliphatic rings. The zero-order valence-electron chi connectivity index (χ0n) is 6.18.